The zero-order valence-corrected chi connectivity index (χ0v) is 14.9. The molecule has 0 radical (unpaired) electrons. The third-order valence-corrected chi connectivity index (χ3v) is 3.88. The van der Waals surface area contributed by atoms with Crippen LogP contribution in [0.3, 0.4) is 0 Å². The van der Waals surface area contributed by atoms with Gasteiger partial charge in [-0.25, -0.2) is 4.79 Å². The zero-order chi connectivity index (χ0) is 18.8. The number of ether oxygens (including phenoxy) is 1. The van der Waals surface area contributed by atoms with Crippen molar-refractivity contribution in [1.29, 1.82) is 0 Å². The molecule has 2 rings (SSSR count). The van der Waals surface area contributed by atoms with Gasteiger partial charge in [-0.3, -0.25) is 9.69 Å². The van der Waals surface area contributed by atoms with Crippen LogP contribution in [0.5, 0.6) is 0 Å². The Balaban J connectivity index is 2.26. The van der Waals surface area contributed by atoms with Gasteiger partial charge in [-0.1, -0.05) is 30.3 Å². The summed E-state index contributed by atoms with van der Waals surface area (Å²) in [6.45, 7) is 6.15. The van der Waals surface area contributed by atoms with Crippen molar-refractivity contribution >= 4 is 12.0 Å². The van der Waals surface area contributed by atoms with Crippen molar-refractivity contribution in [1.82, 2.24) is 10.2 Å². The number of nitrogens with one attached hydrogen (secondary N) is 1. The maximum absolute atomic E-state index is 13.3. The third kappa shape index (κ3) is 4.90. The van der Waals surface area contributed by atoms with E-state index in [0.29, 0.717) is 19.9 Å². The van der Waals surface area contributed by atoms with Crippen molar-refractivity contribution in [2.45, 2.75) is 57.7 Å². The summed E-state index contributed by atoms with van der Waals surface area (Å²) in [6.07, 6.45) is -0.151. The number of hydrogen-bond donors (Lipinski definition) is 1. The van der Waals surface area contributed by atoms with E-state index in [1.54, 1.807) is 45.0 Å². The lowest BCUT2D eigenvalue weighted by molar-refractivity contribution is -0.144. The van der Waals surface area contributed by atoms with Crippen LogP contribution in [0.15, 0.2) is 30.3 Å². The summed E-state index contributed by atoms with van der Waals surface area (Å²) < 4.78 is 31.9. The summed E-state index contributed by atoms with van der Waals surface area (Å²) >= 11 is 0. The fraction of sp³-hybridized carbons (Fsp3) is 0.556. The number of nitrogens with zero attached hydrogens (tertiary/aromatic N) is 1. The Morgan fingerprint density at radius 2 is 1.76 bits per heavy atom. The van der Waals surface area contributed by atoms with Crippen molar-refractivity contribution in [3.63, 3.8) is 0 Å². The summed E-state index contributed by atoms with van der Waals surface area (Å²) in [6, 6.07) is 7.87. The molecule has 25 heavy (non-hydrogen) atoms. The van der Waals surface area contributed by atoms with Crippen LogP contribution < -0.4 is 5.32 Å². The van der Waals surface area contributed by atoms with E-state index in [-0.39, 0.29) is 0 Å². The molecule has 1 aliphatic heterocycles. The number of hydrogen-bond acceptors (Lipinski definition) is 3. The fourth-order valence-corrected chi connectivity index (χ4v) is 2.83. The van der Waals surface area contributed by atoms with E-state index in [1.807, 2.05) is 6.07 Å². The van der Waals surface area contributed by atoms with Gasteiger partial charge in [0.2, 0.25) is 0 Å². The molecule has 1 saturated heterocycles. The first kappa shape index (κ1) is 19.1. The van der Waals surface area contributed by atoms with Crippen molar-refractivity contribution in [2.75, 3.05) is 6.54 Å². The number of halogens is 2. The van der Waals surface area contributed by atoms with Crippen LogP contribution in [0.1, 0.15) is 45.7 Å². The number of benzene rings is 1. The van der Waals surface area contributed by atoms with Crippen LogP contribution >= 0.6 is 0 Å². The molecule has 0 bridgehead atoms. The minimum atomic E-state index is -3.47. The van der Waals surface area contributed by atoms with Crippen LogP contribution in [0, 0.1) is 0 Å². The molecule has 0 unspecified atom stereocenters. The molecule has 1 aliphatic rings. The van der Waals surface area contributed by atoms with Gasteiger partial charge >= 0.3 is 12.0 Å². The Morgan fingerprint density at radius 3 is 2.28 bits per heavy atom. The summed E-state index contributed by atoms with van der Waals surface area (Å²) in [4.78, 5) is 25.7. The molecule has 1 aromatic carbocycles. The number of amides is 2. The molecule has 0 spiro atoms. The van der Waals surface area contributed by atoms with Gasteiger partial charge in [0.1, 0.15) is 5.60 Å². The number of carbonyl (C=O) groups is 2. The quantitative estimate of drug-likeness (QED) is 0.904. The Bertz CT molecular complexity index is 623. The Hall–Kier alpha value is -2.18. The lowest BCUT2D eigenvalue weighted by Crippen LogP contribution is -2.47. The molecule has 0 aliphatic carbocycles. The first-order chi connectivity index (χ1) is 11.5. The summed E-state index contributed by atoms with van der Waals surface area (Å²) in [5.41, 5.74) is 0.0893. The molecule has 7 heteroatoms. The molecule has 0 aromatic heterocycles. The van der Waals surface area contributed by atoms with Crippen molar-refractivity contribution in [3.8, 4) is 0 Å². The summed E-state index contributed by atoms with van der Waals surface area (Å²) in [5.74, 6) is -4.81. The summed E-state index contributed by atoms with van der Waals surface area (Å²) in [5, 5.41) is 2.38. The Kier molecular flexibility index (Phi) is 5.34. The Labute approximate surface area is 146 Å². The third-order valence-electron chi connectivity index (χ3n) is 3.88. The highest BCUT2D eigenvalue weighted by Crippen LogP contribution is 2.34. The van der Waals surface area contributed by atoms with Crippen LogP contribution in [0.2, 0.25) is 0 Å². The molecule has 1 heterocycles. The topological polar surface area (TPSA) is 58.6 Å². The van der Waals surface area contributed by atoms with Gasteiger partial charge in [-0.15, -0.1) is 0 Å². The maximum Gasteiger partial charge on any atom is 0.410 e. The highest BCUT2D eigenvalue weighted by atomic mass is 19.3. The SMILES string of the molecule is CC(C)(C)OC(=O)N1CC[C@H](NC(=O)C(C)(F)F)[C@H]1c1ccccc1. The second-order valence-electron chi connectivity index (χ2n) is 7.29. The smallest absolute Gasteiger partial charge is 0.410 e. The van der Waals surface area contributed by atoms with Crippen LogP contribution in [0.4, 0.5) is 13.6 Å². The van der Waals surface area contributed by atoms with Crippen molar-refractivity contribution in [3.05, 3.63) is 35.9 Å². The van der Waals surface area contributed by atoms with Crippen LogP contribution in [-0.4, -0.2) is 41.0 Å². The maximum atomic E-state index is 13.3. The first-order valence-electron chi connectivity index (χ1n) is 8.22. The standard InChI is InChI=1S/C18H24F2N2O3/c1-17(2,3)25-16(24)22-11-10-13(21-15(23)18(4,19)20)14(22)12-8-6-5-7-9-12/h5-9,13-14H,10-11H2,1-4H3,(H,21,23)/t13-,14+/m0/s1. The second-order valence-corrected chi connectivity index (χ2v) is 7.29. The average Bonchev–Trinajstić information content (AvgIpc) is 2.89. The summed E-state index contributed by atoms with van der Waals surface area (Å²) in [7, 11) is 0. The van der Waals surface area contributed by atoms with E-state index in [9.17, 15) is 18.4 Å². The monoisotopic (exact) mass is 354 g/mol. The lowest BCUT2D eigenvalue weighted by Gasteiger charge is -2.31. The Morgan fingerprint density at radius 1 is 1.16 bits per heavy atom. The van der Waals surface area contributed by atoms with Crippen molar-refractivity contribution in [2.24, 2.45) is 0 Å². The van der Waals surface area contributed by atoms with E-state index in [2.05, 4.69) is 5.32 Å². The van der Waals surface area contributed by atoms with Crippen LogP contribution in [-0.2, 0) is 9.53 Å². The highest BCUT2D eigenvalue weighted by molar-refractivity contribution is 5.83. The first-order valence-corrected chi connectivity index (χ1v) is 8.22. The van der Waals surface area contributed by atoms with Gasteiger partial charge in [-0.05, 0) is 32.8 Å². The molecule has 1 aromatic rings. The van der Waals surface area contributed by atoms with Crippen molar-refractivity contribution < 1.29 is 23.1 Å². The molecule has 5 nitrogen and oxygen atoms in total. The van der Waals surface area contributed by atoms with Gasteiger partial charge in [0.25, 0.3) is 5.91 Å². The molecular weight excluding hydrogens is 330 g/mol. The number of likely N-dealkylation sites (tertiary alicyclic amines) is 1. The molecule has 2 atom stereocenters. The van der Waals surface area contributed by atoms with Gasteiger partial charge in [-0.2, -0.15) is 8.78 Å². The number of carbonyl (C=O) groups excluding carboxylic acids is 2. The molecule has 0 saturated carbocycles. The zero-order valence-electron chi connectivity index (χ0n) is 14.9. The molecular formula is C18H24F2N2O3. The van der Waals surface area contributed by atoms with E-state index in [0.717, 1.165) is 5.56 Å². The normalized spacial score (nSPS) is 21.1. The van der Waals surface area contributed by atoms with Gasteiger partial charge < -0.3 is 10.1 Å². The predicted molar refractivity (Wildman–Crippen MR) is 89.3 cm³/mol. The predicted octanol–water partition coefficient (Wildman–Crippen LogP) is 3.51. The molecule has 1 N–H and O–H groups in total. The molecule has 1 fully saturated rings. The molecule has 2 amide bonds. The van der Waals surface area contributed by atoms with E-state index in [4.69, 9.17) is 4.74 Å². The fourth-order valence-electron chi connectivity index (χ4n) is 2.83. The van der Waals surface area contributed by atoms with Gasteiger partial charge in [0, 0.05) is 13.5 Å². The minimum Gasteiger partial charge on any atom is -0.444 e. The van der Waals surface area contributed by atoms with E-state index in [1.165, 1.54) is 4.90 Å². The minimum absolute atomic E-state index is 0.314. The number of rotatable bonds is 3. The van der Waals surface area contributed by atoms with E-state index >= 15 is 0 Å². The average molecular weight is 354 g/mol. The van der Waals surface area contributed by atoms with Gasteiger partial charge in [0.05, 0.1) is 12.1 Å². The molecule has 138 valence electrons. The lowest BCUT2D eigenvalue weighted by atomic mass is 10.00. The van der Waals surface area contributed by atoms with E-state index < -0.39 is 35.6 Å². The van der Waals surface area contributed by atoms with Crippen LogP contribution in [0.25, 0.3) is 0 Å². The largest absolute Gasteiger partial charge is 0.444 e. The van der Waals surface area contributed by atoms with Gasteiger partial charge in [0.15, 0.2) is 0 Å². The number of alkyl halides is 2. The second kappa shape index (κ2) is 6.98. The highest BCUT2D eigenvalue weighted by Gasteiger charge is 2.43.